The Morgan fingerprint density at radius 2 is 2.45 bits per heavy atom. The van der Waals surface area contributed by atoms with Crippen molar-refractivity contribution in [1.29, 1.82) is 0 Å². The Kier molecular flexibility index (Phi) is 4.73. The lowest BCUT2D eigenvalue weighted by Gasteiger charge is -2.19. The number of hydrogen-bond donors (Lipinski definition) is 1. The van der Waals surface area contributed by atoms with Crippen molar-refractivity contribution in [2.75, 3.05) is 18.1 Å². The normalized spacial score (nSPS) is 23.0. The minimum absolute atomic E-state index is 0.0215. The molecule has 2 atom stereocenters. The molecule has 0 bridgehead atoms. The summed E-state index contributed by atoms with van der Waals surface area (Å²) in [6.07, 6.45) is 3.90. The SMILES string of the molecule is CC(NC(=O)Cc1csc(N2CCCC2=O)n1)C1CCCO1. The fourth-order valence-corrected chi connectivity index (χ4v) is 3.78. The van der Waals surface area contributed by atoms with Gasteiger partial charge in [0, 0.05) is 25.0 Å². The van der Waals surface area contributed by atoms with Crippen LogP contribution in [0.5, 0.6) is 0 Å². The van der Waals surface area contributed by atoms with Gasteiger partial charge in [0.2, 0.25) is 11.8 Å². The predicted molar refractivity (Wildman–Crippen MR) is 84.0 cm³/mol. The lowest BCUT2D eigenvalue weighted by Crippen LogP contribution is -2.41. The van der Waals surface area contributed by atoms with Gasteiger partial charge in [-0.25, -0.2) is 4.98 Å². The smallest absolute Gasteiger partial charge is 0.228 e. The van der Waals surface area contributed by atoms with E-state index in [2.05, 4.69) is 10.3 Å². The quantitative estimate of drug-likeness (QED) is 0.891. The fourth-order valence-electron chi connectivity index (χ4n) is 2.91. The molecule has 2 unspecified atom stereocenters. The second-order valence-electron chi connectivity index (χ2n) is 5.85. The first kappa shape index (κ1) is 15.4. The highest BCUT2D eigenvalue weighted by Gasteiger charge is 2.26. The Morgan fingerprint density at radius 3 is 3.14 bits per heavy atom. The van der Waals surface area contributed by atoms with Gasteiger partial charge in [0.15, 0.2) is 5.13 Å². The summed E-state index contributed by atoms with van der Waals surface area (Å²) in [5, 5.41) is 5.54. The standard InChI is InChI=1S/C15H21N3O3S/c1-10(12-4-3-7-21-12)16-13(19)8-11-9-22-15(17-11)18-6-2-5-14(18)20/h9-10,12H,2-8H2,1H3,(H,16,19). The lowest BCUT2D eigenvalue weighted by molar-refractivity contribution is -0.122. The van der Waals surface area contributed by atoms with Gasteiger partial charge in [0.1, 0.15) is 0 Å². The Bertz CT molecular complexity index is 554. The van der Waals surface area contributed by atoms with Crippen molar-refractivity contribution in [2.45, 2.75) is 51.2 Å². The van der Waals surface area contributed by atoms with Crippen LogP contribution in [0.4, 0.5) is 5.13 Å². The molecule has 3 rings (SSSR count). The van der Waals surface area contributed by atoms with Crippen LogP contribution in [0, 0.1) is 0 Å². The van der Waals surface area contributed by atoms with Crippen molar-refractivity contribution in [3.8, 4) is 0 Å². The van der Waals surface area contributed by atoms with Crippen LogP contribution in [-0.2, 0) is 20.7 Å². The molecule has 2 aliphatic rings. The number of amides is 2. The van der Waals surface area contributed by atoms with E-state index in [0.29, 0.717) is 11.6 Å². The lowest BCUT2D eigenvalue weighted by atomic mass is 10.1. The Balaban J connectivity index is 1.53. The Hall–Kier alpha value is -1.47. The molecule has 22 heavy (non-hydrogen) atoms. The van der Waals surface area contributed by atoms with Crippen LogP contribution in [-0.4, -0.2) is 42.1 Å². The molecule has 7 heteroatoms. The average Bonchev–Trinajstić information content (AvgIpc) is 3.18. The first-order valence-electron chi connectivity index (χ1n) is 7.79. The van der Waals surface area contributed by atoms with E-state index in [4.69, 9.17) is 4.74 Å². The van der Waals surface area contributed by atoms with E-state index in [1.54, 1.807) is 4.90 Å². The van der Waals surface area contributed by atoms with Gasteiger partial charge in [0.25, 0.3) is 0 Å². The van der Waals surface area contributed by atoms with Crippen LogP contribution in [0.1, 0.15) is 38.3 Å². The van der Waals surface area contributed by atoms with E-state index in [1.807, 2.05) is 12.3 Å². The molecule has 0 aliphatic carbocycles. The maximum atomic E-state index is 12.1. The maximum absolute atomic E-state index is 12.1. The van der Waals surface area contributed by atoms with Gasteiger partial charge in [-0.15, -0.1) is 11.3 Å². The number of thiazole rings is 1. The first-order valence-corrected chi connectivity index (χ1v) is 8.67. The van der Waals surface area contributed by atoms with Gasteiger partial charge in [-0.3, -0.25) is 14.5 Å². The minimum atomic E-state index is -0.0485. The van der Waals surface area contributed by atoms with E-state index in [-0.39, 0.29) is 30.4 Å². The predicted octanol–water partition coefficient (Wildman–Crippen LogP) is 1.50. The topological polar surface area (TPSA) is 71.5 Å². The molecule has 0 spiro atoms. The first-order chi connectivity index (χ1) is 10.6. The zero-order valence-corrected chi connectivity index (χ0v) is 13.5. The molecule has 0 aromatic carbocycles. The molecule has 1 aromatic rings. The zero-order valence-electron chi connectivity index (χ0n) is 12.7. The number of aromatic nitrogens is 1. The largest absolute Gasteiger partial charge is 0.376 e. The Labute approximate surface area is 133 Å². The summed E-state index contributed by atoms with van der Waals surface area (Å²) in [7, 11) is 0. The summed E-state index contributed by atoms with van der Waals surface area (Å²) in [4.78, 5) is 29.9. The van der Waals surface area contributed by atoms with Crippen LogP contribution in [0.15, 0.2) is 5.38 Å². The molecular weight excluding hydrogens is 302 g/mol. The van der Waals surface area contributed by atoms with Crippen LogP contribution in [0.25, 0.3) is 0 Å². The van der Waals surface area contributed by atoms with Gasteiger partial charge < -0.3 is 10.1 Å². The number of ether oxygens (including phenoxy) is 1. The third kappa shape index (κ3) is 3.47. The number of anilines is 1. The summed E-state index contributed by atoms with van der Waals surface area (Å²) in [6, 6.07) is 0.0215. The molecule has 120 valence electrons. The number of hydrogen-bond acceptors (Lipinski definition) is 5. The van der Waals surface area contributed by atoms with Crippen molar-refractivity contribution in [3.63, 3.8) is 0 Å². The number of carbonyl (C=O) groups is 2. The number of nitrogens with zero attached hydrogens (tertiary/aromatic N) is 2. The van der Waals surface area contributed by atoms with Gasteiger partial charge in [-0.1, -0.05) is 0 Å². The third-order valence-corrected chi connectivity index (χ3v) is 5.01. The fraction of sp³-hybridized carbons (Fsp3) is 0.667. The number of nitrogens with one attached hydrogen (secondary N) is 1. The van der Waals surface area contributed by atoms with E-state index >= 15 is 0 Å². The summed E-state index contributed by atoms with van der Waals surface area (Å²) < 4.78 is 5.58. The van der Waals surface area contributed by atoms with Gasteiger partial charge in [-0.2, -0.15) is 0 Å². The monoisotopic (exact) mass is 323 g/mol. The number of carbonyl (C=O) groups excluding carboxylic acids is 2. The minimum Gasteiger partial charge on any atom is -0.376 e. The summed E-state index contributed by atoms with van der Waals surface area (Å²) >= 11 is 1.43. The van der Waals surface area contributed by atoms with E-state index in [1.165, 1.54) is 11.3 Å². The molecular formula is C15H21N3O3S. The molecule has 0 radical (unpaired) electrons. The van der Waals surface area contributed by atoms with Crippen molar-refractivity contribution in [3.05, 3.63) is 11.1 Å². The highest BCUT2D eigenvalue weighted by atomic mass is 32.1. The van der Waals surface area contributed by atoms with E-state index < -0.39 is 0 Å². The van der Waals surface area contributed by atoms with Crippen LogP contribution in [0.2, 0.25) is 0 Å². The molecule has 2 aliphatic heterocycles. The van der Waals surface area contributed by atoms with Gasteiger partial charge in [0.05, 0.1) is 24.3 Å². The van der Waals surface area contributed by atoms with Gasteiger partial charge >= 0.3 is 0 Å². The molecule has 1 N–H and O–H groups in total. The zero-order chi connectivity index (χ0) is 15.5. The Morgan fingerprint density at radius 1 is 1.59 bits per heavy atom. The van der Waals surface area contributed by atoms with Gasteiger partial charge in [-0.05, 0) is 26.2 Å². The summed E-state index contributed by atoms with van der Waals surface area (Å²) in [5.41, 5.74) is 0.719. The second-order valence-corrected chi connectivity index (χ2v) is 6.69. The maximum Gasteiger partial charge on any atom is 0.228 e. The van der Waals surface area contributed by atoms with E-state index in [0.717, 1.165) is 38.1 Å². The van der Waals surface area contributed by atoms with Crippen molar-refractivity contribution in [2.24, 2.45) is 0 Å². The number of rotatable bonds is 5. The van der Waals surface area contributed by atoms with E-state index in [9.17, 15) is 9.59 Å². The molecule has 0 saturated carbocycles. The molecule has 6 nitrogen and oxygen atoms in total. The second kappa shape index (κ2) is 6.75. The summed E-state index contributed by atoms with van der Waals surface area (Å²) in [5.74, 6) is 0.0740. The molecule has 2 fully saturated rings. The molecule has 1 aromatic heterocycles. The van der Waals surface area contributed by atoms with Crippen LogP contribution >= 0.6 is 11.3 Å². The van der Waals surface area contributed by atoms with Crippen molar-refractivity contribution < 1.29 is 14.3 Å². The molecule has 2 amide bonds. The highest BCUT2D eigenvalue weighted by molar-refractivity contribution is 7.14. The molecule has 2 saturated heterocycles. The van der Waals surface area contributed by atoms with Crippen molar-refractivity contribution >= 4 is 28.3 Å². The third-order valence-electron chi connectivity index (χ3n) is 4.10. The van der Waals surface area contributed by atoms with Crippen molar-refractivity contribution in [1.82, 2.24) is 10.3 Å². The highest BCUT2D eigenvalue weighted by Crippen LogP contribution is 2.25. The van der Waals surface area contributed by atoms with Crippen LogP contribution < -0.4 is 10.2 Å². The average molecular weight is 323 g/mol. The van der Waals surface area contributed by atoms with Crippen LogP contribution in [0.3, 0.4) is 0 Å². The summed E-state index contributed by atoms with van der Waals surface area (Å²) in [6.45, 7) is 3.49. The molecule has 3 heterocycles.